The Morgan fingerprint density at radius 3 is 2.70 bits per heavy atom. The van der Waals surface area contributed by atoms with Crippen molar-refractivity contribution in [1.29, 1.82) is 0 Å². The molecule has 0 bridgehead atoms. The number of halogens is 1. The van der Waals surface area contributed by atoms with Crippen LogP contribution in [0.25, 0.3) is 0 Å². The van der Waals surface area contributed by atoms with Crippen molar-refractivity contribution in [3.05, 3.63) is 23.3 Å². The number of benzene rings is 1. The maximum atomic E-state index is 5.52. The van der Waals surface area contributed by atoms with Crippen LogP contribution in [0.4, 0.5) is 0 Å². The second-order valence-corrected chi connectivity index (χ2v) is 5.19. The van der Waals surface area contributed by atoms with Crippen LogP contribution < -0.4 is 14.8 Å². The van der Waals surface area contributed by atoms with Crippen LogP contribution in [0.1, 0.15) is 37.3 Å². The molecule has 0 unspecified atom stereocenters. The van der Waals surface area contributed by atoms with E-state index in [-0.39, 0.29) is 17.0 Å². The zero-order valence-corrected chi connectivity index (χ0v) is 14.4. The lowest BCUT2D eigenvalue weighted by Gasteiger charge is -2.27. The van der Waals surface area contributed by atoms with E-state index in [4.69, 9.17) is 9.47 Å². The fraction of sp³-hybridized carbons (Fsp3) is 0.625. The molecule has 4 heteroatoms. The molecule has 0 aromatic heterocycles. The molecule has 1 atom stereocenters. The Kier molecular flexibility index (Phi) is 7.38. The molecular weight excluding hydrogens is 318 g/mol. The van der Waals surface area contributed by atoms with E-state index < -0.39 is 0 Å². The van der Waals surface area contributed by atoms with E-state index in [1.165, 1.54) is 30.4 Å². The molecule has 20 heavy (non-hydrogen) atoms. The van der Waals surface area contributed by atoms with Crippen molar-refractivity contribution >= 4 is 17.0 Å². The molecule has 1 aromatic rings. The van der Waals surface area contributed by atoms with Crippen LogP contribution in [0.3, 0.4) is 0 Å². The van der Waals surface area contributed by atoms with E-state index in [0.717, 1.165) is 30.9 Å². The van der Waals surface area contributed by atoms with Gasteiger partial charge in [0.05, 0.1) is 14.2 Å². The van der Waals surface area contributed by atoms with Crippen molar-refractivity contribution in [2.45, 2.75) is 45.1 Å². The Morgan fingerprint density at radius 2 is 2.05 bits per heavy atom. The van der Waals surface area contributed by atoms with E-state index in [2.05, 4.69) is 18.3 Å². The van der Waals surface area contributed by atoms with Crippen LogP contribution in [0.15, 0.2) is 12.1 Å². The van der Waals surface area contributed by atoms with E-state index >= 15 is 0 Å². The van der Waals surface area contributed by atoms with Gasteiger partial charge in [-0.25, -0.2) is 0 Å². The molecule has 1 aromatic carbocycles. The Labute approximate surface area is 132 Å². The smallest absolute Gasteiger partial charge is 0.164 e. The van der Waals surface area contributed by atoms with Gasteiger partial charge in [0.2, 0.25) is 0 Å². The average molecular weight is 344 g/mol. The highest BCUT2D eigenvalue weighted by atomic mass is 79.9. The Hall–Kier alpha value is -0.740. The molecule has 114 valence electrons. The summed E-state index contributed by atoms with van der Waals surface area (Å²) in [7, 11) is 3.42. The number of nitrogens with one attached hydrogen (secondary N) is 1. The van der Waals surface area contributed by atoms with Gasteiger partial charge in [-0.15, -0.1) is 17.0 Å². The van der Waals surface area contributed by atoms with E-state index in [1.54, 1.807) is 14.2 Å². The number of fused-ring (bicyclic) bond motifs is 1. The fourth-order valence-electron chi connectivity index (χ4n) is 2.84. The van der Waals surface area contributed by atoms with Gasteiger partial charge >= 0.3 is 0 Å². The molecule has 1 aliphatic carbocycles. The fourth-order valence-corrected chi connectivity index (χ4v) is 2.84. The van der Waals surface area contributed by atoms with Gasteiger partial charge < -0.3 is 14.8 Å². The van der Waals surface area contributed by atoms with Crippen LogP contribution in [-0.4, -0.2) is 26.8 Å². The predicted molar refractivity (Wildman–Crippen MR) is 88.6 cm³/mol. The van der Waals surface area contributed by atoms with Gasteiger partial charge in [-0.05, 0) is 43.9 Å². The van der Waals surface area contributed by atoms with E-state index in [0.29, 0.717) is 6.04 Å². The highest BCUT2D eigenvalue weighted by Crippen LogP contribution is 2.37. The minimum atomic E-state index is 0. The monoisotopic (exact) mass is 343 g/mol. The number of hydrogen-bond donors (Lipinski definition) is 1. The van der Waals surface area contributed by atoms with Crippen LogP contribution in [0, 0.1) is 0 Å². The first-order valence-electron chi connectivity index (χ1n) is 7.26. The van der Waals surface area contributed by atoms with Gasteiger partial charge in [0.1, 0.15) is 0 Å². The summed E-state index contributed by atoms with van der Waals surface area (Å²) in [5.74, 6) is 1.77. The summed E-state index contributed by atoms with van der Waals surface area (Å²) in [6, 6.07) is 4.81. The standard InChI is InChI=1S/C16H25NO2.BrH/c1-4-5-10-17-13-7-8-14-12(11-13)6-9-15(18-2)16(14)19-3;/h6,9,13,17H,4-5,7-8,10-11H2,1-3H3;1H/t13-;/m0./s1. The Morgan fingerprint density at radius 1 is 1.25 bits per heavy atom. The topological polar surface area (TPSA) is 30.5 Å². The number of methoxy groups -OCH3 is 2. The van der Waals surface area contributed by atoms with Crippen molar-refractivity contribution in [2.24, 2.45) is 0 Å². The highest BCUT2D eigenvalue weighted by molar-refractivity contribution is 8.93. The summed E-state index contributed by atoms with van der Waals surface area (Å²) in [4.78, 5) is 0. The quantitative estimate of drug-likeness (QED) is 0.801. The van der Waals surface area contributed by atoms with Gasteiger partial charge in [-0.1, -0.05) is 19.4 Å². The summed E-state index contributed by atoms with van der Waals surface area (Å²) >= 11 is 0. The lowest BCUT2D eigenvalue weighted by molar-refractivity contribution is 0.346. The average Bonchev–Trinajstić information content (AvgIpc) is 2.46. The maximum Gasteiger partial charge on any atom is 0.164 e. The van der Waals surface area contributed by atoms with Crippen LogP contribution >= 0.6 is 17.0 Å². The summed E-state index contributed by atoms with van der Waals surface area (Å²) in [6.07, 6.45) is 5.86. The molecule has 0 saturated carbocycles. The van der Waals surface area contributed by atoms with E-state index in [9.17, 15) is 0 Å². The van der Waals surface area contributed by atoms with Gasteiger partial charge in [0.25, 0.3) is 0 Å². The van der Waals surface area contributed by atoms with Crippen molar-refractivity contribution in [3.63, 3.8) is 0 Å². The highest BCUT2D eigenvalue weighted by Gasteiger charge is 2.22. The van der Waals surface area contributed by atoms with Gasteiger partial charge in [-0.2, -0.15) is 0 Å². The van der Waals surface area contributed by atoms with Crippen molar-refractivity contribution in [2.75, 3.05) is 20.8 Å². The second kappa shape index (κ2) is 8.53. The SMILES string of the molecule is Br.CCCCN[C@H]1CCc2c(ccc(OC)c2OC)C1. The molecule has 1 N–H and O–H groups in total. The Bertz CT molecular complexity index is 423. The first-order chi connectivity index (χ1) is 9.30. The van der Waals surface area contributed by atoms with Gasteiger partial charge in [0.15, 0.2) is 11.5 Å². The minimum Gasteiger partial charge on any atom is -0.493 e. The summed E-state index contributed by atoms with van der Waals surface area (Å²) in [5, 5.41) is 3.66. The number of unbranched alkanes of at least 4 members (excludes halogenated alkanes) is 1. The lowest BCUT2D eigenvalue weighted by atomic mass is 9.87. The number of rotatable bonds is 6. The van der Waals surface area contributed by atoms with Gasteiger partial charge in [0, 0.05) is 11.6 Å². The third-order valence-corrected chi connectivity index (χ3v) is 3.92. The summed E-state index contributed by atoms with van der Waals surface area (Å²) < 4.78 is 10.9. The normalized spacial score (nSPS) is 17.1. The lowest BCUT2D eigenvalue weighted by Crippen LogP contribution is -2.35. The molecule has 2 rings (SSSR count). The van der Waals surface area contributed by atoms with Gasteiger partial charge in [-0.3, -0.25) is 0 Å². The first kappa shape index (κ1) is 17.3. The molecule has 0 radical (unpaired) electrons. The van der Waals surface area contributed by atoms with Crippen molar-refractivity contribution < 1.29 is 9.47 Å². The first-order valence-corrected chi connectivity index (χ1v) is 7.26. The number of hydrogen-bond acceptors (Lipinski definition) is 3. The molecule has 0 amide bonds. The predicted octanol–water partition coefficient (Wildman–Crippen LogP) is 3.53. The second-order valence-electron chi connectivity index (χ2n) is 5.19. The van der Waals surface area contributed by atoms with Crippen LogP contribution in [0.5, 0.6) is 11.5 Å². The molecule has 1 aliphatic rings. The largest absolute Gasteiger partial charge is 0.493 e. The van der Waals surface area contributed by atoms with Crippen LogP contribution in [-0.2, 0) is 12.8 Å². The Balaban J connectivity index is 0.00000200. The zero-order valence-electron chi connectivity index (χ0n) is 12.7. The van der Waals surface area contributed by atoms with Crippen LogP contribution in [0.2, 0.25) is 0 Å². The third kappa shape index (κ3) is 3.89. The maximum absolute atomic E-state index is 5.52. The zero-order chi connectivity index (χ0) is 13.7. The summed E-state index contributed by atoms with van der Waals surface area (Å²) in [5.41, 5.74) is 2.73. The summed E-state index contributed by atoms with van der Waals surface area (Å²) in [6.45, 7) is 3.36. The molecule has 0 aliphatic heterocycles. The van der Waals surface area contributed by atoms with Crippen molar-refractivity contribution in [1.82, 2.24) is 5.32 Å². The molecule has 0 heterocycles. The molecule has 0 saturated heterocycles. The van der Waals surface area contributed by atoms with E-state index in [1.807, 2.05) is 6.07 Å². The molecule has 3 nitrogen and oxygen atoms in total. The molecular formula is C16H26BrNO2. The number of ether oxygens (including phenoxy) is 2. The van der Waals surface area contributed by atoms with Crippen molar-refractivity contribution in [3.8, 4) is 11.5 Å². The third-order valence-electron chi connectivity index (χ3n) is 3.92. The molecule has 0 fully saturated rings. The molecule has 0 spiro atoms. The minimum absolute atomic E-state index is 0.